The summed E-state index contributed by atoms with van der Waals surface area (Å²) in [5.41, 5.74) is 4.71. The Morgan fingerprint density at radius 2 is 1.39 bits per heavy atom. The maximum atomic E-state index is 2.46. The van der Waals surface area contributed by atoms with E-state index in [0.29, 0.717) is 0 Å². The van der Waals surface area contributed by atoms with Crippen LogP contribution >= 0.6 is 0 Å². The van der Waals surface area contributed by atoms with Gasteiger partial charge in [0.05, 0.1) is 0 Å². The molecule has 1 rings (SSSR count). The Labute approximate surface area is 114 Å². The molecule has 0 atom stereocenters. The van der Waals surface area contributed by atoms with Crippen LogP contribution in [0, 0.1) is 0 Å². The standard InChI is InChI=1S/C18H30/c1-4-7-9-11-16-13-14-18(12-10-8-5-2)17(6-3)15-16/h13-15H,4-12H2,1-3H3. The summed E-state index contributed by atoms with van der Waals surface area (Å²) in [6.07, 6.45) is 11.8. The summed E-state index contributed by atoms with van der Waals surface area (Å²) in [7, 11) is 0. The van der Waals surface area contributed by atoms with E-state index >= 15 is 0 Å². The zero-order chi connectivity index (χ0) is 13.2. The smallest absolute Gasteiger partial charge is 0.0276 e. The van der Waals surface area contributed by atoms with Gasteiger partial charge in [-0.15, -0.1) is 0 Å². The molecular weight excluding hydrogens is 216 g/mol. The Balaban J connectivity index is 2.58. The average molecular weight is 246 g/mol. The third-order valence-electron chi connectivity index (χ3n) is 3.77. The van der Waals surface area contributed by atoms with E-state index in [1.165, 1.54) is 57.8 Å². The van der Waals surface area contributed by atoms with E-state index in [-0.39, 0.29) is 0 Å². The van der Waals surface area contributed by atoms with E-state index < -0.39 is 0 Å². The first kappa shape index (κ1) is 15.3. The molecule has 0 aliphatic heterocycles. The molecule has 0 bridgehead atoms. The van der Waals surface area contributed by atoms with Crippen molar-refractivity contribution in [1.82, 2.24) is 0 Å². The molecule has 0 heteroatoms. The molecule has 1 aromatic rings. The van der Waals surface area contributed by atoms with Gasteiger partial charge in [0.15, 0.2) is 0 Å². The lowest BCUT2D eigenvalue weighted by Gasteiger charge is -2.10. The number of rotatable bonds is 9. The summed E-state index contributed by atoms with van der Waals surface area (Å²) < 4.78 is 0. The van der Waals surface area contributed by atoms with Crippen molar-refractivity contribution in [3.05, 3.63) is 34.9 Å². The Kier molecular flexibility index (Phi) is 7.80. The highest BCUT2D eigenvalue weighted by Gasteiger charge is 2.02. The van der Waals surface area contributed by atoms with Crippen molar-refractivity contribution in [2.24, 2.45) is 0 Å². The normalized spacial score (nSPS) is 10.8. The van der Waals surface area contributed by atoms with Crippen LogP contribution in [0.1, 0.15) is 76.0 Å². The Bertz CT molecular complexity index is 325. The van der Waals surface area contributed by atoms with E-state index in [0.717, 1.165) is 0 Å². The van der Waals surface area contributed by atoms with Crippen LogP contribution in [0.15, 0.2) is 18.2 Å². The lowest BCUT2D eigenvalue weighted by molar-refractivity contribution is 0.708. The van der Waals surface area contributed by atoms with Crippen molar-refractivity contribution < 1.29 is 0 Å². The summed E-state index contributed by atoms with van der Waals surface area (Å²) in [6, 6.07) is 7.20. The maximum absolute atomic E-state index is 2.46. The molecule has 0 heterocycles. The van der Waals surface area contributed by atoms with Crippen LogP contribution in [0.5, 0.6) is 0 Å². The lowest BCUT2D eigenvalue weighted by atomic mass is 9.95. The molecular formula is C18H30. The first-order chi connectivity index (χ1) is 8.81. The number of unbranched alkanes of at least 4 members (excludes halogenated alkanes) is 4. The highest BCUT2D eigenvalue weighted by Crippen LogP contribution is 2.17. The first-order valence-electron chi connectivity index (χ1n) is 7.92. The van der Waals surface area contributed by atoms with Gasteiger partial charge >= 0.3 is 0 Å². The van der Waals surface area contributed by atoms with Crippen molar-refractivity contribution in [3.63, 3.8) is 0 Å². The Morgan fingerprint density at radius 3 is 2.00 bits per heavy atom. The third-order valence-corrected chi connectivity index (χ3v) is 3.77. The molecule has 0 spiro atoms. The topological polar surface area (TPSA) is 0 Å². The number of benzene rings is 1. The van der Waals surface area contributed by atoms with Gasteiger partial charge in [-0.05, 0) is 48.8 Å². The molecule has 0 aliphatic rings. The molecule has 0 nitrogen and oxygen atoms in total. The Hall–Kier alpha value is -0.780. The van der Waals surface area contributed by atoms with Crippen LogP contribution in [-0.4, -0.2) is 0 Å². The predicted molar refractivity (Wildman–Crippen MR) is 82.3 cm³/mol. The van der Waals surface area contributed by atoms with Gasteiger partial charge < -0.3 is 0 Å². The number of hydrogen-bond acceptors (Lipinski definition) is 0. The van der Waals surface area contributed by atoms with Gasteiger partial charge in [-0.3, -0.25) is 0 Å². The van der Waals surface area contributed by atoms with Gasteiger partial charge in [-0.2, -0.15) is 0 Å². The highest BCUT2D eigenvalue weighted by atomic mass is 14.1. The van der Waals surface area contributed by atoms with Gasteiger partial charge in [-0.1, -0.05) is 64.7 Å². The second-order valence-electron chi connectivity index (χ2n) is 5.37. The van der Waals surface area contributed by atoms with Crippen LogP contribution in [-0.2, 0) is 19.3 Å². The molecule has 0 saturated carbocycles. The van der Waals surface area contributed by atoms with E-state index in [9.17, 15) is 0 Å². The minimum absolute atomic E-state index is 1.18. The van der Waals surface area contributed by atoms with Crippen LogP contribution in [0.3, 0.4) is 0 Å². The number of hydrogen-bond donors (Lipinski definition) is 0. The largest absolute Gasteiger partial charge is 0.0654 e. The van der Waals surface area contributed by atoms with Gasteiger partial charge in [0.2, 0.25) is 0 Å². The SMILES string of the molecule is CCCCCc1ccc(CCCCC)c(CC)c1. The second kappa shape index (κ2) is 9.19. The van der Waals surface area contributed by atoms with Crippen molar-refractivity contribution in [2.45, 2.75) is 78.6 Å². The maximum Gasteiger partial charge on any atom is -0.0276 e. The van der Waals surface area contributed by atoms with Crippen molar-refractivity contribution in [2.75, 3.05) is 0 Å². The fourth-order valence-corrected chi connectivity index (χ4v) is 2.55. The van der Waals surface area contributed by atoms with Gasteiger partial charge in [0.25, 0.3) is 0 Å². The molecule has 0 amide bonds. The summed E-state index contributed by atoms with van der Waals surface area (Å²) in [5, 5.41) is 0. The fourth-order valence-electron chi connectivity index (χ4n) is 2.55. The molecule has 18 heavy (non-hydrogen) atoms. The van der Waals surface area contributed by atoms with Crippen molar-refractivity contribution in [3.8, 4) is 0 Å². The molecule has 1 aromatic carbocycles. The molecule has 0 aliphatic carbocycles. The lowest BCUT2D eigenvalue weighted by Crippen LogP contribution is -1.96. The molecule has 0 aromatic heterocycles. The quantitative estimate of drug-likeness (QED) is 0.489. The highest BCUT2D eigenvalue weighted by molar-refractivity contribution is 5.32. The van der Waals surface area contributed by atoms with Gasteiger partial charge in [-0.25, -0.2) is 0 Å². The van der Waals surface area contributed by atoms with E-state index in [2.05, 4.69) is 39.0 Å². The average Bonchev–Trinajstić information content (AvgIpc) is 2.40. The fraction of sp³-hybridized carbons (Fsp3) is 0.667. The summed E-state index contributed by atoms with van der Waals surface area (Å²) in [4.78, 5) is 0. The minimum atomic E-state index is 1.18. The van der Waals surface area contributed by atoms with Crippen LogP contribution in [0.2, 0.25) is 0 Å². The zero-order valence-electron chi connectivity index (χ0n) is 12.6. The van der Waals surface area contributed by atoms with Crippen LogP contribution in [0.4, 0.5) is 0 Å². The molecule has 0 radical (unpaired) electrons. The molecule has 102 valence electrons. The van der Waals surface area contributed by atoms with Crippen molar-refractivity contribution in [1.29, 1.82) is 0 Å². The Morgan fingerprint density at radius 1 is 0.722 bits per heavy atom. The van der Waals surface area contributed by atoms with Crippen molar-refractivity contribution >= 4 is 0 Å². The van der Waals surface area contributed by atoms with E-state index in [1.807, 2.05) is 0 Å². The zero-order valence-corrected chi connectivity index (χ0v) is 12.6. The third kappa shape index (κ3) is 5.25. The van der Waals surface area contributed by atoms with E-state index in [4.69, 9.17) is 0 Å². The second-order valence-corrected chi connectivity index (χ2v) is 5.37. The monoisotopic (exact) mass is 246 g/mol. The van der Waals surface area contributed by atoms with Gasteiger partial charge in [0, 0.05) is 0 Å². The summed E-state index contributed by atoms with van der Waals surface area (Å²) in [6.45, 7) is 6.83. The minimum Gasteiger partial charge on any atom is -0.0654 e. The van der Waals surface area contributed by atoms with Gasteiger partial charge in [0.1, 0.15) is 0 Å². The molecule has 0 fully saturated rings. The number of aryl methyl sites for hydroxylation is 3. The summed E-state index contributed by atoms with van der Waals surface area (Å²) >= 11 is 0. The summed E-state index contributed by atoms with van der Waals surface area (Å²) in [5.74, 6) is 0. The first-order valence-corrected chi connectivity index (χ1v) is 7.92. The predicted octanol–water partition coefficient (Wildman–Crippen LogP) is 5.71. The van der Waals surface area contributed by atoms with Crippen LogP contribution in [0.25, 0.3) is 0 Å². The van der Waals surface area contributed by atoms with E-state index in [1.54, 1.807) is 16.7 Å². The van der Waals surface area contributed by atoms with Crippen LogP contribution < -0.4 is 0 Å². The molecule has 0 N–H and O–H groups in total. The molecule has 0 unspecified atom stereocenters. The molecule has 0 saturated heterocycles.